The predicted octanol–water partition coefficient (Wildman–Crippen LogP) is 5.09. The van der Waals surface area contributed by atoms with Crippen molar-refractivity contribution in [2.24, 2.45) is 0 Å². The molecule has 29 heavy (non-hydrogen) atoms. The normalized spacial score (nSPS) is 26.0. The molecule has 5 heteroatoms. The maximum Gasteiger partial charge on any atom is 0.186 e. The van der Waals surface area contributed by atoms with Crippen molar-refractivity contribution in [3.8, 4) is 0 Å². The molecule has 0 spiro atoms. The zero-order valence-corrected chi connectivity index (χ0v) is 19.1. The molecule has 3 N–H and O–H groups in total. The van der Waals surface area contributed by atoms with Gasteiger partial charge in [0.05, 0.1) is 12.7 Å². The fourth-order valence-electron chi connectivity index (χ4n) is 4.02. The lowest BCUT2D eigenvalue weighted by Crippen LogP contribution is -2.54. The maximum atomic E-state index is 9.99. The molecule has 0 bridgehead atoms. The summed E-state index contributed by atoms with van der Waals surface area (Å²) in [5, 5.41) is 29.2. The molecule has 0 aromatic rings. The average Bonchev–Trinajstić information content (AvgIpc) is 2.73. The van der Waals surface area contributed by atoms with E-state index in [1.807, 2.05) is 0 Å². The van der Waals surface area contributed by atoms with Gasteiger partial charge >= 0.3 is 0 Å². The van der Waals surface area contributed by atoms with E-state index in [-0.39, 0.29) is 12.7 Å². The van der Waals surface area contributed by atoms with Crippen LogP contribution in [0.15, 0.2) is 0 Å². The van der Waals surface area contributed by atoms with Crippen LogP contribution in [0, 0.1) is 0 Å². The van der Waals surface area contributed by atoms with Crippen molar-refractivity contribution in [1.29, 1.82) is 0 Å². The Morgan fingerprint density at radius 3 is 1.69 bits per heavy atom. The van der Waals surface area contributed by atoms with E-state index in [1.54, 1.807) is 0 Å². The monoisotopic (exact) mass is 416 g/mol. The summed E-state index contributed by atoms with van der Waals surface area (Å²) in [7, 11) is 0. The molecule has 0 aromatic carbocycles. The number of rotatable bonds is 18. The van der Waals surface area contributed by atoms with Crippen LogP contribution in [0.2, 0.25) is 0 Å². The Morgan fingerprint density at radius 2 is 1.21 bits per heavy atom. The SMILES string of the molecule is CCCCCCCCCCCCCCCCC(CC)O[C@H]1OC[C@@H](O)[C@H](O)[C@H]1O. The molecule has 0 aliphatic carbocycles. The molecule has 0 amide bonds. The number of unbranched alkanes of at least 4 members (excludes halogenated alkanes) is 13. The molecular formula is C24H48O5. The Balaban J connectivity index is 1.94. The van der Waals surface area contributed by atoms with Crippen LogP contribution in [-0.4, -0.2) is 52.6 Å². The van der Waals surface area contributed by atoms with Crippen molar-refractivity contribution >= 4 is 0 Å². The molecule has 1 fully saturated rings. The van der Waals surface area contributed by atoms with E-state index in [2.05, 4.69) is 13.8 Å². The van der Waals surface area contributed by atoms with Crippen LogP contribution < -0.4 is 0 Å². The van der Waals surface area contributed by atoms with Crippen LogP contribution in [0.3, 0.4) is 0 Å². The van der Waals surface area contributed by atoms with E-state index < -0.39 is 24.6 Å². The lowest BCUT2D eigenvalue weighted by atomic mass is 10.0. The minimum Gasteiger partial charge on any atom is -0.388 e. The van der Waals surface area contributed by atoms with E-state index in [9.17, 15) is 15.3 Å². The van der Waals surface area contributed by atoms with Gasteiger partial charge in [-0.1, -0.05) is 104 Å². The van der Waals surface area contributed by atoms with E-state index >= 15 is 0 Å². The number of hydrogen-bond acceptors (Lipinski definition) is 5. The Morgan fingerprint density at radius 1 is 0.724 bits per heavy atom. The first-order valence-corrected chi connectivity index (χ1v) is 12.4. The summed E-state index contributed by atoms with van der Waals surface area (Å²) in [6.45, 7) is 4.33. The first kappa shape index (κ1) is 26.8. The molecule has 1 aliphatic heterocycles. The molecule has 0 aromatic heterocycles. The van der Waals surface area contributed by atoms with Crippen molar-refractivity contribution in [1.82, 2.24) is 0 Å². The van der Waals surface area contributed by atoms with Gasteiger partial charge in [0.25, 0.3) is 0 Å². The molecule has 1 heterocycles. The molecule has 0 radical (unpaired) electrons. The second-order valence-electron chi connectivity index (χ2n) is 8.80. The Bertz CT molecular complexity index is 365. The van der Waals surface area contributed by atoms with Crippen molar-refractivity contribution in [2.45, 2.75) is 147 Å². The highest BCUT2D eigenvalue weighted by Gasteiger charge is 2.39. The highest BCUT2D eigenvalue weighted by molar-refractivity contribution is 4.83. The summed E-state index contributed by atoms with van der Waals surface area (Å²) in [6, 6.07) is 0. The number of ether oxygens (including phenoxy) is 2. The van der Waals surface area contributed by atoms with Crippen molar-refractivity contribution < 1.29 is 24.8 Å². The smallest absolute Gasteiger partial charge is 0.186 e. The van der Waals surface area contributed by atoms with Gasteiger partial charge in [0.15, 0.2) is 6.29 Å². The minimum absolute atomic E-state index is 0.00180. The van der Waals surface area contributed by atoms with Gasteiger partial charge in [-0.05, 0) is 12.8 Å². The van der Waals surface area contributed by atoms with Gasteiger partial charge in [-0.15, -0.1) is 0 Å². The molecule has 174 valence electrons. The van der Waals surface area contributed by atoms with Crippen LogP contribution in [0.1, 0.15) is 117 Å². The van der Waals surface area contributed by atoms with Gasteiger partial charge in [0.1, 0.15) is 18.3 Å². The van der Waals surface area contributed by atoms with Crippen LogP contribution in [0.5, 0.6) is 0 Å². The fourth-order valence-corrected chi connectivity index (χ4v) is 4.02. The van der Waals surface area contributed by atoms with Crippen LogP contribution in [-0.2, 0) is 9.47 Å². The maximum absolute atomic E-state index is 9.99. The molecular weight excluding hydrogens is 368 g/mol. The molecule has 5 atom stereocenters. The standard InChI is InChI=1S/C24H48O5/c1-3-5-6-7-8-9-10-11-12-13-14-15-16-17-18-20(4-2)29-24-23(27)22(26)21(25)19-28-24/h20-27H,3-19H2,1-2H3/t20?,21-,22+,23-,24-/m1/s1. The van der Waals surface area contributed by atoms with E-state index in [4.69, 9.17) is 9.47 Å². The number of hydrogen-bond donors (Lipinski definition) is 3. The number of aliphatic hydroxyl groups excluding tert-OH is 3. The van der Waals surface area contributed by atoms with Gasteiger partial charge in [0.2, 0.25) is 0 Å². The molecule has 1 rings (SSSR count). The van der Waals surface area contributed by atoms with E-state index in [1.165, 1.54) is 83.5 Å². The van der Waals surface area contributed by atoms with Crippen LogP contribution in [0.25, 0.3) is 0 Å². The topological polar surface area (TPSA) is 79.2 Å². The fraction of sp³-hybridized carbons (Fsp3) is 1.00. The average molecular weight is 417 g/mol. The van der Waals surface area contributed by atoms with Gasteiger partial charge in [0, 0.05) is 0 Å². The molecule has 1 aliphatic rings. The zero-order chi connectivity index (χ0) is 21.3. The summed E-state index contributed by atoms with van der Waals surface area (Å²) in [5.74, 6) is 0. The summed E-state index contributed by atoms with van der Waals surface area (Å²) >= 11 is 0. The number of aliphatic hydroxyl groups is 3. The van der Waals surface area contributed by atoms with Gasteiger partial charge < -0.3 is 24.8 Å². The minimum atomic E-state index is -1.20. The first-order valence-electron chi connectivity index (χ1n) is 12.4. The van der Waals surface area contributed by atoms with Gasteiger partial charge in [-0.2, -0.15) is 0 Å². The third-order valence-electron chi connectivity index (χ3n) is 6.12. The summed E-state index contributed by atoms with van der Waals surface area (Å²) in [4.78, 5) is 0. The Labute approximate surface area is 179 Å². The molecule has 5 nitrogen and oxygen atoms in total. The largest absolute Gasteiger partial charge is 0.388 e. The van der Waals surface area contributed by atoms with E-state index in [0.29, 0.717) is 0 Å². The Kier molecular flexibility index (Phi) is 16.2. The molecule has 0 saturated carbocycles. The predicted molar refractivity (Wildman–Crippen MR) is 118 cm³/mol. The van der Waals surface area contributed by atoms with Crippen molar-refractivity contribution in [2.75, 3.05) is 6.61 Å². The third-order valence-corrected chi connectivity index (χ3v) is 6.12. The van der Waals surface area contributed by atoms with Crippen LogP contribution in [0.4, 0.5) is 0 Å². The lowest BCUT2D eigenvalue weighted by molar-refractivity contribution is -0.283. The van der Waals surface area contributed by atoms with Crippen LogP contribution >= 0.6 is 0 Å². The highest BCUT2D eigenvalue weighted by atomic mass is 16.7. The van der Waals surface area contributed by atoms with Crippen molar-refractivity contribution in [3.05, 3.63) is 0 Å². The summed E-state index contributed by atoms with van der Waals surface area (Å²) in [5.41, 5.74) is 0. The van der Waals surface area contributed by atoms with Gasteiger partial charge in [-0.25, -0.2) is 0 Å². The van der Waals surface area contributed by atoms with Gasteiger partial charge in [-0.3, -0.25) is 0 Å². The molecule has 1 unspecified atom stereocenters. The first-order chi connectivity index (χ1) is 14.1. The zero-order valence-electron chi connectivity index (χ0n) is 19.1. The summed E-state index contributed by atoms with van der Waals surface area (Å²) in [6.07, 6.45) is 16.4. The van der Waals surface area contributed by atoms with Crippen molar-refractivity contribution in [3.63, 3.8) is 0 Å². The second kappa shape index (κ2) is 17.5. The molecule has 1 saturated heterocycles. The van der Waals surface area contributed by atoms with E-state index in [0.717, 1.165) is 19.3 Å². The second-order valence-corrected chi connectivity index (χ2v) is 8.80. The quantitative estimate of drug-likeness (QED) is 0.271. The summed E-state index contributed by atoms with van der Waals surface area (Å²) < 4.78 is 11.2. The Hall–Kier alpha value is -0.200. The lowest BCUT2D eigenvalue weighted by Gasteiger charge is -2.36. The third kappa shape index (κ3) is 12.3. The highest BCUT2D eigenvalue weighted by Crippen LogP contribution is 2.21.